The number of para-hydroxylation sites is 1. The van der Waals surface area contributed by atoms with Crippen LogP contribution in [-0.2, 0) is 11.2 Å². The van der Waals surface area contributed by atoms with Gasteiger partial charge in [-0.2, -0.15) is 0 Å². The Morgan fingerprint density at radius 3 is 2.67 bits per heavy atom. The van der Waals surface area contributed by atoms with Crippen molar-refractivity contribution in [3.05, 3.63) is 48.0 Å². The van der Waals surface area contributed by atoms with Crippen LogP contribution in [0.25, 0.3) is 0 Å². The molecule has 140 valence electrons. The highest BCUT2D eigenvalue weighted by molar-refractivity contribution is 5.93. The number of benzene rings is 2. The molecule has 2 aromatic rings. The summed E-state index contributed by atoms with van der Waals surface area (Å²) in [6, 6.07) is 13.5. The molecule has 1 fully saturated rings. The molecule has 1 atom stereocenters. The molecule has 5 nitrogen and oxygen atoms in total. The monoisotopic (exact) mass is 365 g/mol. The molecule has 2 aromatic carbocycles. The number of rotatable bonds is 2. The van der Waals surface area contributed by atoms with E-state index in [0.29, 0.717) is 13.0 Å². The molecular formula is C22H23NO4. The molecule has 1 aliphatic carbocycles. The Morgan fingerprint density at radius 2 is 1.78 bits per heavy atom. The maximum absolute atomic E-state index is 12.7. The SMILES string of the molecule is O=C(Nc1ccc2c(c1)OC1(CCCCC1)O2)C1COc2ccccc2C1. The van der Waals surface area contributed by atoms with Crippen molar-refractivity contribution in [1.82, 2.24) is 0 Å². The molecule has 1 N–H and O–H groups in total. The second kappa shape index (κ2) is 6.48. The summed E-state index contributed by atoms with van der Waals surface area (Å²) in [6.07, 6.45) is 6.01. The van der Waals surface area contributed by atoms with E-state index >= 15 is 0 Å². The normalized spacial score (nSPS) is 22.0. The van der Waals surface area contributed by atoms with E-state index < -0.39 is 5.79 Å². The van der Waals surface area contributed by atoms with E-state index in [4.69, 9.17) is 14.2 Å². The van der Waals surface area contributed by atoms with Crippen LogP contribution < -0.4 is 19.5 Å². The van der Waals surface area contributed by atoms with Crippen LogP contribution in [0.15, 0.2) is 42.5 Å². The quantitative estimate of drug-likeness (QED) is 0.862. The van der Waals surface area contributed by atoms with Gasteiger partial charge in [0.1, 0.15) is 12.4 Å². The lowest BCUT2D eigenvalue weighted by Crippen LogP contribution is -2.40. The molecule has 5 heteroatoms. The third-order valence-corrected chi connectivity index (χ3v) is 5.67. The Bertz CT molecular complexity index is 872. The molecule has 0 aromatic heterocycles. The second-order valence-corrected chi connectivity index (χ2v) is 7.65. The van der Waals surface area contributed by atoms with Crippen LogP contribution in [0, 0.1) is 5.92 Å². The largest absolute Gasteiger partial charge is 0.492 e. The summed E-state index contributed by atoms with van der Waals surface area (Å²) < 4.78 is 18.0. The number of hydrogen-bond acceptors (Lipinski definition) is 4. The van der Waals surface area contributed by atoms with Crippen molar-refractivity contribution in [1.29, 1.82) is 0 Å². The van der Waals surface area contributed by atoms with Gasteiger partial charge in [0, 0.05) is 24.6 Å². The van der Waals surface area contributed by atoms with Gasteiger partial charge in [-0.15, -0.1) is 0 Å². The van der Waals surface area contributed by atoms with Crippen LogP contribution >= 0.6 is 0 Å². The number of nitrogens with one attached hydrogen (secondary N) is 1. The average Bonchev–Trinajstić information content (AvgIpc) is 3.04. The fourth-order valence-electron chi connectivity index (χ4n) is 4.21. The zero-order valence-electron chi connectivity index (χ0n) is 15.2. The van der Waals surface area contributed by atoms with Crippen molar-refractivity contribution in [2.24, 2.45) is 5.92 Å². The van der Waals surface area contributed by atoms with Gasteiger partial charge in [0.2, 0.25) is 5.91 Å². The van der Waals surface area contributed by atoms with E-state index in [0.717, 1.165) is 54.2 Å². The highest BCUT2D eigenvalue weighted by atomic mass is 16.7. The summed E-state index contributed by atoms with van der Waals surface area (Å²) in [6.45, 7) is 0.399. The average molecular weight is 365 g/mol. The molecule has 1 amide bonds. The van der Waals surface area contributed by atoms with Crippen LogP contribution in [0.3, 0.4) is 0 Å². The molecule has 2 heterocycles. The molecule has 0 radical (unpaired) electrons. The van der Waals surface area contributed by atoms with Crippen molar-refractivity contribution >= 4 is 11.6 Å². The Labute approximate surface area is 158 Å². The van der Waals surface area contributed by atoms with E-state index in [1.54, 1.807) is 0 Å². The standard InChI is InChI=1S/C22H23NO4/c24-21(16-12-15-6-2-3-7-18(15)25-14-16)23-17-8-9-19-20(13-17)27-22(26-19)10-4-1-5-11-22/h2-3,6-9,13,16H,1,4-5,10-12,14H2,(H,23,24). The number of carbonyl (C=O) groups is 1. The third-order valence-electron chi connectivity index (χ3n) is 5.67. The zero-order chi connectivity index (χ0) is 18.3. The van der Waals surface area contributed by atoms with Gasteiger partial charge in [-0.3, -0.25) is 4.79 Å². The first-order chi connectivity index (χ1) is 13.2. The molecule has 2 aliphatic heterocycles. The molecular weight excluding hydrogens is 342 g/mol. The summed E-state index contributed by atoms with van der Waals surface area (Å²) in [7, 11) is 0. The number of ether oxygens (including phenoxy) is 3. The Kier molecular flexibility index (Phi) is 3.96. The Balaban J connectivity index is 1.27. The molecule has 1 spiro atoms. The van der Waals surface area contributed by atoms with Crippen LogP contribution in [0.4, 0.5) is 5.69 Å². The minimum Gasteiger partial charge on any atom is -0.492 e. The topological polar surface area (TPSA) is 56.8 Å². The van der Waals surface area contributed by atoms with Crippen molar-refractivity contribution < 1.29 is 19.0 Å². The molecule has 1 unspecified atom stereocenters. The van der Waals surface area contributed by atoms with Gasteiger partial charge in [-0.05, 0) is 43.0 Å². The van der Waals surface area contributed by atoms with Crippen LogP contribution in [-0.4, -0.2) is 18.3 Å². The van der Waals surface area contributed by atoms with E-state index in [9.17, 15) is 4.79 Å². The maximum atomic E-state index is 12.7. The predicted octanol–water partition coefficient (Wildman–Crippen LogP) is 4.31. The van der Waals surface area contributed by atoms with Crippen LogP contribution in [0.1, 0.15) is 37.7 Å². The van der Waals surface area contributed by atoms with E-state index in [1.165, 1.54) is 6.42 Å². The summed E-state index contributed by atoms with van der Waals surface area (Å²) in [5, 5.41) is 3.01. The van der Waals surface area contributed by atoms with Gasteiger partial charge in [-0.1, -0.05) is 24.6 Å². The van der Waals surface area contributed by atoms with Gasteiger partial charge < -0.3 is 19.5 Å². The van der Waals surface area contributed by atoms with Crippen LogP contribution in [0.5, 0.6) is 17.2 Å². The van der Waals surface area contributed by atoms with Crippen molar-refractivity contribution in [2.75, 3.05) is 11.9 Å². The fraction of sp³-hybridized carbons (Fsp3) is 0.409. The van der Waals surface area contributed by atoms with Gasteiger partial charge >= 0.3 is 0 Å². The first kappa shape index (κ1) is 16.5. The summed E-state index contributed by atoms with van der Waals surface area (Å²) in [5.41, 5.74) is 1.81. The fourth-order valence-corrected chi connectivity index (χ4v) is 4.21. The summed E-state index contributed by atoms with van der Waals surface area (Å²) >= 11 is 0. The van der Waals surface area contributed by atoms with Crippen molar-refractivity contribution in [3.8, 4) is 17.2 Å². The Hall–Kier alpha value is -2.69. The zero-order valence-corrected chi connectivity index (χ0v) is 15.2. The number of hydrogen-bond donors (Lipinski definition) is 1. The smallest absolute Gasteiger partial charge is 0.251 e. The number of amides is 1. The third kappa shape index (κ3) is 3.11. The first-order valence-electron chi connectivity index (χ1n) is 9.74. The molecule has 0 bridgehead atoms. The molecule has 0 saturated heterocycles. The highest BCUT2D eigenvalue weighted by Crippen LogP contribution is 2.46. The first-order valence-corrected chi connectivity index (χ1v) is 9.74. The number of anilines is 1. The lowest BCUT2D eigenvalue weighted by Gasteiger charge is -2.31. The van der Waals surface area contributed by atoms with Gasteiger partial charge in [0.25, 0.3) is 5.79 Å². The molecule has 27 heavy (non-hydrogen) atoms. The molecule has 5 rings (SSSR count). The minimum absolute atomic E-state index is 0.0317. The summed E-state index contributed by atoms with van der Waals surface area (Å²) in [4.78, 5) is 12.7. The van der Waals surface area contributed by atoms with E-state index in [-0.39, 0.29) is 11.8 Å². The van der Waals surface area contributed by atoms with Crippen LogP contribution in [0.2, 0.25) is 0 Å². The lowest BCUT2D eigenvalue weighted by molar-refractivity contribution is -0.121. The Morgan fingerprint density at radius 1 is 0.963 bits per heavy atom. The van der Waals surface area contributed by atoms with Gasteiger partial charge in [0.05, 0.1) is 5.92 Å². The van der Waals surface area contributed by atoms with Crippen molar-refractivity contribution in [3.63, 3.8) is 0 Å². The molecule has 3 aliphatic rings. The highest BCUT2D eigenvalue weighted by Gasteiger charge is 2.42. The molecule has 1 saturated carbocycles. The lowest BCUT2D eigenvalue weighted by atomic mass is 9.94. The maximum Gasteiger partial charge on any atom is 0.251 e. The van der Waals surface area contributed by atoms with E-state index in [2.05, 4.69) is 5.32 Å². The second-order valence-electron chi connectivity index (χ2n) is 7.65. The number of carbonyl (C=O) groups excluding carboxylic acids is 1. The van der Waals surface area contributed by atoms with Gasteiger partial charge in [-0.25, -0.2) is 0 Å². The number of fused-ring (bicyclic) bond motifs is 2. The summed E-state index contributed by atoms with van der Waals surface area (Å²) in [5.74, 6) is 1.64. The predicted molar refractivity (Wildman–Crippen MR) is 101 cm³/mol. The van der Waals surface area contributed by atoms with Gasteiger partial charge in [0.15, 0.2) is 11.5 Å². The van der Waals surface area contributed by atoms with Crippen molar-refractivity contribution in [2.45, 2.75) is 44.3 Å². The van der Waals surface area contributed by atoms with E-state index in [1.807, 2.05) is 42.5 Å². The minimum atomic E-state index is -0.496.